The second-order valence-corrected chi connectivity index (χ2v) is 9.87. The van der Waals surface area contributed by atoms with E-state index in [0.717, 1.165) is 50.5 Å². The minimum Gasteiger partial charge on any atom is -0.359 e. The Balaban J connectivity index is 1.42. The van der Waals surface area contributed by atoms with Crippen molar-refractivity contribution in [1.82, 2.24) is 20.9 Å². The normalized spacial score (nSPS) is 22.4. The number of amides is 2. The molecule has 1 unspecified atom stereocenters. The van der Waals surface area contributed by atoms with Crippen molar-refractivity contribution < 1.29 is 14.3 Å². The Morgan fingerprint density at radius 3 is 2.46 bits per heavy atom. The van der Waals surface area contributed by atoms with Crippen LogP contribution in [-0.2, 0) is 14.3 Å². The first-order valence-corrected chi connectivity index (χ1v) is 13.1. The van der Waals surface area contributed by atoms with Crippen molar-refractivity contribution in [2.45, 2.75) is 89.1 Å². The molecule has 2 aliphatic carbocycles. The van der Waals surface area contributed by atoms with E-state index >= 15 is 0 Å². The Hall–Kier alpha value is -2.87. The van der Waals surface area contributed by atoms with E-state index in [9.17, 15) is 9.59 Å². The molecule has 1 heterocycles. The smallest absolute Gasteiger partial charge is 0.255 e. The maximum Gasteiger partial charge on any atom is 0.255 e. The van der Waals surface area contributed by atoms with Crippen molar-refractivity contribution in [3.63, 3.8) is 0 Å². The van der Waals surface area contributed by atoms with Crippen LogP contribution in [0.1, 0.15) is 76.7 Å². The zero-order chi connectivity index (χ0) is 24.7. The van der Waals surface area contributed by atoms with Crippen LogP contribution in [-0.4, -0.2) is 53.6 Å². The summed E-state index contributed by atoms with van der Waals surface area (Å²) in [5.41, 5.74) is 0.498. The second kappa shape index (κ2) is 11.7. The molecule has 3 aliphatic rings. The second-order valence-electron chi connectivity index (χ2n) is 9.87. The van der Waals surface area contributed by atoms with Gasteiger partial charge in [0.1, 0.15) is 11.4 Å². The third kappa shape index (κ3) is 6.23. The van der Waals surface area contributed by atoms with Crippen molar-refractivity contribution in [2.24, 2.45) is 0 Å². The van der Waals surface area contributed by atoms with E-state index < -0.39 is 11.9 Å². The molecule has 0 saturated heterocycles. The van der Waals surface area contributed by atoms with Gasteiger partial charge < -0.3 is 25.6 Å². The van der Waals surface area contributed by atoms with Crippen molar-refractivity contribution in [1.29, 1.82) is 5.41 Å². The van der Waals surface area contributed by atoms with Gasteiger partial charge in [-0.1, -0.05) is 68.9 Å². The van der Waals surface area contributed by atoms with E-state index in [1.807, 2.05) is 30.3 Å². The number of rotatable bonds is 8. The minimum absolute atomic E-state index is 0.119. The number of hydrogen-bond acceptors (Lipinski definition) is 5. The third-order valence-electron chi connectivity index (χ3n) is 7.44. The number of amidine groups is 1. The van der Waals surface area contributed by atoms with Crippen LogP contribution in [0.2, 0.25) is 0 Å². The molecule has 8 nitrogen and oxygen atoms in total. The Morgan fingerprint density at radius 2 is 1.77 bits per heavy atom. The van der Waals surface area contributed by atoms with Gasteiger partial charge in [-0.2, -0.15) is 0 Å². The molecule has 0 radical (unpaired) electrons. The number of likely N-dealkylation sites (N-methyl/N-ethyl adjacent to an activating group) is 1. The first-order chi connectivity index (χ1) is 17.0. The zero-order valence-electron chi connectivity index (χ0n) is 20.8. The van der Waals surface area contributed by atoms with Crippen molar-refractivity contribution in [3.8, 4) is 0 Å². The highest BCUT2D eigenvalue weighted by Crippen LogP contribution is 2.36. The largest absolute Gasteiger partial charge is 0.359 e. The highest BCUT2D eigenvalue weighted by atomic mass is 16.5. The van der Waals surface area contributed by atoms with Crippen molar-refractivity contribution in [2.75, 3.05) is 13.2 Å². The third-order valence-corrected chi connectivity index (χ3v) is 7.44. The van der Waals surface area contributed by atoms with E-state index in [-0.39, 0.29) is 24.3 Å². The first-order valence-electron chi connectivity index (χ1n) is 13.1. The minimum atomic E-state index is -0.832. The van der Waals surface area contributed by atoms with Crippen LogP contribution in [0.4, 0.5) is 0 Å². The monoisotopic (exact) mass is 481 g/mol. The van der Waals surface area contributed by atoms with Gasteiger partial charge in [0, 0.05) is 29.9 Å². The molecule has 190 valence electrons. The number of carbonyl (C=O) groups is 2. The van der Waals surface area contributed by atoms with E-state index in [4.69, 9.17) is 10.1 Å². The average molecular weight is 482 g/mol. The van der Waals surface area contributed by atoms with Crippen LogP contribution in [0, 0.1) is 5.41 Å². The molecule has 1 aliphatic heterocycles. The fourth-order valence-electron chi connectivity index (χ4n) is 5.57. The fourth-order valence-corrected chi connectivity index (χ4v) is 5.57. The number of ether oxygens (including phenoxy) is 1. The lowest BCUT2D eigenvalue weighted by Crippen LogP contribution is -2.59. The zero-order valence-corrected chi connectivity index (χ0v) is 20.8. The molecule has 2 fully saturated rings. The fraction of sp³-hybridized carbons (Fsp3) is 0.593. The van der Waals surface area contributed by atoms with E-state index in [1.165, 1.54) is 25.3 Å². The highest BCUT2D eigenvalue weighted by molar-refractivity contribution is 5.97. The maximum atomic E-state index is 13.9. The van der Waals surface area contributed by atoms with Crippen molar-refractivity contribution in [3.05, 3.63) is 47.7 Å². The molecule has 8 heteroatoms. The summed E-state index contributed by atoms with van der Waals surface area (Å²) < 4.78 is 6.45. The summed E-state index contributed by atoms with van der Waals surface area (Å²) in [6.45, 7) is 2.92. The summed E-state index contributed by atoms with van der Waals surface area (Å²) in [6.07, 6.45) is 11.1. The van der Waals surface area contributed by atoms with Gasteiger partial charge in [-0.15, -0.1) is 0 Å². The lowest BCUT2D eigenvalue weighted by molar-refractivity contribution is -0.165. The van der Waals surface area contributed by atoms with Crippen LogP contribution in [0.3, 0.4) is 0 Å². The Labute approximate surface area is 208 Å². The van der Waals surface area contributed by atoms with Gasteiger partial charge in [-0.25, -0.2) is 0 Å². The maximum absolute atomic E-state index is 13.9. The molecule has 35 heavy (non-hydrogen) atoms. The lowest BCUT2D eigenvalue weighted by atomic mass is 9.82. The van der Waals surface area contributed by atoms with Crippen molar-refractivity contribution >= 4 is 17.6 Å². The number of nitrogens with zero attached hydrogens (tertiary/aromatic N) is 1. The van der Waals surface area contributed by atoms with Gasteiger partial charge in [0.25, 0.3) is 5.91 Å². The SMILES string of the molecule is CCN(C(=O)C1(OCC2=CC(=O)NC(NC(=N)c3ccccc3)N2)CCCCC1)C1CCCCC1. The van der Waals surface area contributed by atoms with E-state index in [1.54, 1.807) is 0 Å². The Morgan fingerprint density at radius 1 is 1.09 bits per heavy atom. The molecular formula is C27H39N5O3. The standard InChI is InChI=1S/C27H39N5O3/c1-2-32(22-14-8-4-9-15-22)25(34)27(16-10-5-11-17-27)35-19-21-18-23(33)30-26(29-21)31-24(28)20-12-6-3-7-13-20/h3,6-7,12-13,18,22,26,29H,2,4-5,8-11,14-17,19H2,1H3,(H2,28,31)(H,30,33). The molecule has 4 rings (SSSR count). The van der Waals surface area contributed by atoms with Gasteiger partial charge >= 0.3 is 0 Å². The number of hydrogen-bond donors (Lipinski definition) is 4. The summed E-state index contributed by atoms with van der Waals surface area (Å²) in [7, 11) is 0. The molecule has 0 bridgehead atoms. The quantitative estimate of drug-likeness (QED) is 0.336. The van der Waals surface area contributed by atoms with E-state index in [0.29, 0.717) is 18.3 Å². The summed E-state index contributed by atoms with van der Waals surface area (Å²) in [4.78, 5) is 28.3. The molecule has 0 spiro atoms. The summed E-state index contributed by atoms with van der Waals surface area (Å²) >= 11 is 0. The molecular weight excluding hydrogens is 442 g/mol. The van der Waals surface area contributed by atoms with Crippen LogP contribution < -0.4 is 16.0 Å². The topological polar surface area (TPSA) is 107 Å². The molecule has 0 aromatic heterocycles. The molecule has 4 N–H and O–H groups in total. The summed E-state index contributed by atoms with van der Waals surface area (Å²) in [6, 6.07) is 9.61. The summed E-state index contributed by atoms with van der Waals surface area (Å²) in [5.74, 6) is 0.0608. The average Bonchev–Trinajstić information content (AvgIpc) is 2.89. The van der Waals surface area contributed by atoms with Gasteiger partial charge in [0.05, 0.1) is 6.61 Å². The van der Waals surface area contributed by atoms with Gasteiger partial charge in [0.15, 0.2) is 6.29 Å². The molecule has 2 saturated carbocycles. The molecule has 1 aromatic carbocycles. The van der Waals surface area contributed by atoms with Crippen LogP contribution in [0.15, 0.2) is 42.1 Å². The predicted molar refractivity (Wildman–Crippen MR) is 136 cm³/mol. The van der Waals surface area contributed by atoms with Gasteiger partial charge in [-0.3, -0.25) is 15.0 Å². The molecule has 1 aromatic rings. The van der Waals surface area contributed by atoms with Crippen LogP contribution in [0.25, 0.3) is 0 Å². The lowest BCUT2D eigenvalue weighted by Gasteiger charge is -2.43. The predicted octanol–water partition coefficient (Wildman–Crippen LogP) is 3.39. The van der Waals surface area contributed by atoms with E-state index in [2.05, 4.69) is 27.8 Å². The Kier molecular flexibility index (Phi) is 8.44. The first kappa shape index (κ1) is 25.2. The van der Waals surface area contributed by atoms with Crippen LogP contribution >= 0.6 is 0 Å². The Bertz CT molecular complexity index is 920. The summed E-state index contributed by atoms with van der Waals surface area (Å²) in [5, 5.41) is 17.3. The molecule has 1 atom stereocenters. The highest BCUT2D eigenvalue weighted by Gasteiger charge is 2.44. The number of carbonyl (C=O) groups excluding carboxylic acids is 2. The van der Waals surface area contributed by atoms with Crippen LogP contribution in [0.5, 0.6) is 0 Å². The number of benzene rings is 1. The molecule has 2 amide bonds. The number of nitrogens with one attached hydrogen (secondary N) is 4. The van der Waals surface area contributed by atoms with Gasteiger partial charge in [0.2, 0.25) is 5.91 Å². The van der Waals surface area contributed by atoms with Gasteiger partial charge in [-0.05, 0) is 32.6 Å².